The van der Waals surface area contributed by atoms with Crippen molar-refractivity contribution in [2.45, 2.75) is 24.1 Å². The summed E-state index contributed by atoms with van der Waals surface area (Å²) in [4.78, 5) is 0. The summed E-state index contributed by atoms with van der Waals surface area (Å²) in [6.45, 7) is 0. The first kappa shape index (κ1) is 20.0. The number of rotatable bonds is 4. The van der Waals surface area contributed by atoms with Crippen molar-refractivity contribution in [2.75, 3.05) is 0 Å². The van der Waals surface area contributed by atoms with Crippen molar-refractivity contribution in [3.8, 4) is 0 Å². The summed E-state index contributed by atoms with van der Waals surface area (Å²) in [6.07, 6.45) is 0. The maximum atomic E-state index is 13.5. The van der Waals surface area contributed by atoms with Gasteiger partial charge in [0.1, 0.15) is 0 Å². The summed E-state index contributed by atoms with van der Waals surface area (Å²) < 4.78 is 49.1. The molecule has 1 nitrogen and oxygen atoms in total. The van der Waals surface area contributed by atoms with Gasteiger partial charge in [-0.25, -0.2) is 4.39 Å². The Labute approximate surface area is 138 Å². The van der Waals surface area contributed by atoms with Gasteiger partial charge in [0.05, 0.1) is 0 Å². The Morgan fingerprint density at radius 3 is 1.17 bits per heavy atom. The SMILES string of the molecule is FC(F)(Cl)C(Cl)(OC(F)(Cl)C(Cl)(Cl)Cl)C(F)(Cl)Cl. The van der Waals surface area contributed by atoms with Crippen LogP contribution in [0.1, 0.15) is 0 Å². The molecule has 0 aliphatic carbocycles. The first-order chi connectivity index (χ1) is 7.46. The van der Waals surface area contributed by atoms with Crippen LogP contribution in [0.5, 0.6) is 0 Å². The lowest BCUT2D eigenvalue weighted by Gasteiger charge is -2.39. The third kappa shape index (κ3) is 4.25. The zero-order valence-electron chi connectivity index (χ0n) is 7.44. The molecule has 0 aliphatic heterocycles. The third-order valence-corrected chi connectivity index (χ3v) is 4.37. The zero-order chi connectivity index (χ0) is 15.2. The van der Waals surface area contributed by atoms with E-state index >= 15 is 0 Å². The van der Waals surface area contributed by atoms with Crippen LogP contribution in [0.2, 0.25) is 0 Å². The van der Waals surface area contributed by atoms with Crippen LogP contribution in [0.3, 0.4) is 0 Å². The van der Waals surface area contributed by atoms with Gasteiger partial charge < -0.3 is 0 Å². The Morgan fingerprint density at radius 1 is 0.667 bits per heavy atom. The molecule has 0 radical (unpaired) electrons. The van der Waals surface area contributed by atoms with E-state index in [0.29, 0.717) is 0 Å². The van der Waals surface area contributed by atoms with Crippen LogP contribution in [0.25, 0.3) is 0 Å². The molecule has 0 aromatic rings. The van der Waals surface area contributed by atoms with E-state index in [1.807, 2.05) is 0 Å². The van der Waals surface area contributed by atoms with Crippen molar-refractivity contribution in [2.24, 2.45) is 0 Å². The van der Waals surface area contributed by atoms with Gasteiger partial charge in [0.25, 0.3) is 8.85 Å². The lowest BCUT2D eigenvalue weighted by atomic mass is 10.3. The molecule has 0 amide bonds. The van der Waals surface area contributed by atoms with Gasteiger partial charge >= 0.3 is 15.3 Å². The molecular formula is C5Cl8F4O. The molecule has 0 rings (SSSR count). The van der Waals surface area contributed by atoms with Gasteiger partial charge in [0, 0.05) is 0 Å². The van der Waals surface area contributed by atoms with Gasteiger partial charge in [-0.1, -0.05) is 69.6 Å². The molecule has 0 saturated heterocycles. The Balaban J connectivity index is 5.58. The average Bonchev–Trinajstić information content (AvgIpc) is 1.95. The van der Waals surface area contributed by atoms with Crippen molar-refractivity contribution in [3.63, 3.8) is 0 Å². The second-order valence-electron chi connectivity index (χ2n) is 2.71. The highest BCUT2D eigenvalue weighted by Gasteiger charge is 2.71. The molecular weight excluding hydrogens is 436 g/mol. The van der Waals surface area contributed by atoms with Crippen LogP contribution in [0, 0.1) is 0 Å². The molecule has 0 heterocycles. The van der Waals surface area contributed by atoms with E-state index in [2.05, 4.69) is 16.3 Å². The molecule has 0 saturated carbocycles. The molecule has 13 heteroatoms. The van der Waals surface area contributed by atoms with Gasteiger partial charge in [-0.05, 0) is 23.2 Å². The van der Waals surface area contributed by atoms with E-state index in [1.165, 1.54) is 0 Å². The van der Waals surface area contributed by atoms with Crippen LogP contribution in [-0.2, 0) is 4.74 Å². The summed E-state index contributed by atoms with van der Waals surface area (Å²) in [5.41, 5.74) is 0. The fourth-order valence-corrected chi connectivity index (χ4v) is 1.47. The summed E-state index contributed by atoms with van der Waals surface area (Å²) in [5.74, 6) is 0. The predicted octanol–water partition coefficient (Wildman–Crippen LogP) is 6.10. The molecule has 0 fully saturated rings. The quantitative estimate of drug-likeness (QED) is 0.383. The first-order valence-corrected chi connectivity index (χ1v) is 6.45. The highest BCUT2D eigenvalue weighted by molar-refractivity contribution is 6.70. The van der Waals surface area contributed by atoms with E-state index in [0.717, 1.165) is 0 Å². The molecule has 0 aliphatic rings. The molecule has 0 N–H and O–H groups in total. The first-order valence-electron chi connectivity index (χ1n) is 3.43. The number of hydrogen-bond acceptors (Lipinski definition) is 1. The van der Waals surface area contributed by atoms with Crippen molar-refractivity contribution < 1.29 is 22.3 Å². The van der Waals surface area contributed by atoms with Crippen molar-refractivity contribution >= 4 is 92.8 Å². The maximum absolute atomic E-state index is 13.5. The van der Waals surface area contributed by atoms with Gasteiger partial charge in [-0.2, -0.15) is 13.2 Å². The van der Waals surface area contributed by atoms with Crippen molar-refractivity contribution in [3.05, 3.63) is 0 Å². The lowest BCUT2D eigenvalue weighted by molar-refractivity contribution is -0.216. The van der Waals surface area contributed by atoms with E-state index in [4.69, 9.17) is 81.2 Å². The van der Waals surface area contributed by atoms with E-state index in [-0.39, 0.29) is 0 Å². The van der Waals surface area contributed by atoms with Gasteiger partial charge in [0.15, 0.2) is 0 Å². The Morgan fingerprint density at radius 2 is 1.00 bits per heavy atom. The topological polar surface area (TPSA) is 9.23 Å². The second kappa shape index (κ2) is 5.65. The Kier molecular flexibility index (Phi) is 6.28. The summed E-state index contributed by atoms with van der Waals surface area (Å²) >= 11 is 38.6. The summed E-state index contributed by atoms with van der Waals surface area (Å²) in [5, 5.41) is -13.0. The normalized spacial score (nSPS) is 21.3. The summed E-state index contributed by atoms with van der Waals surface area (Å²) in [7, 11) is 0. The molecule has 0 bridgehead atoms. The molecule has 0 aromatic carbocycles. The summed E-state index contributed by atoms with van der Waals surface area (Å²) in [6, 6.07) is 0. The van der Waals surface area contributed by atoms with E-state index in [1.54, 1.807) is 0 Å². The Hall–Kier alpha value is 2.00. The molecule has 110 valence electrons. The molecule has 2 unspecified atom stereocenters. The van der Waals surface area contributed by atoms with E-state index < -0.39 is 24.1 Å². The maximum Gasteiger partial charge on any atom is 0.370 e. The van der Waals surface area contributed by atoms with Gasteiger partial charge in [-0.15, -0.1) is 0 Å². The number of alkyl halides is 12. The minimum absolute atomic E-state index is 3.13. The van der Waals surface area contributed by atoms with Crippen LogP contribution in [0.4, 0.5) is 17.6 Å². The monoisotopic (exact) mass is 432 g/mol. The highest BCUT2D eigenvalue weighted by atomic mass is 35.6. The zero-order valence-corrected chi connectivity index (χ0v) is 13.5. The predicted molar refractivity (Wildman–Crippen MR) is 66.0 cm³/mol. The smallest absolute Gasteiger partial charge is 0.295 e. The Bertz CT molecular complexity index is 290. The lowest BCUT2D eigenvalue weighted by Crippen LogP contribution is -2.57. The van der Waals surface area contributed by atoms with Crippen LogP contribution in [0.15, 0.2) is 0 Å². The fraction of sp³-hybridized carbons (Fsp3) is 1.00. The van der Waals surface area contributed by atoms with E-state index in [9.17, 15) is 17.6 Å². The largest absolute Gasteiger partial charge is 0.370 e. The van der Waals surface area contributed by atoms with Gasteiger partial charge in [0.2, 0.25) is 0 Å². The van der Waals surface area contributed by atoms with Gasteiger partial charge in [-0.3, -0.25) is 4.74 Å². The second-order valence-corrected chi connectivity index (χ2v) is 7.72. The minimum Gasteiger partial charge on any atom is -0.295 e. The number of halogens is 12. The highest BCUT2D eigenvalue weighted by Crippen LogP contribution is 2.57. The average molecular weight is 436 g/mol. The standard InChI is InChI=1S/C5Cl8F4O/c6-1(3(10,11)14,4(12,15)16)18-5(13,17)2(7,8)9. The molecule has 0 aromatic heterocycles. The van der Waals surface area contributed by atoms with Crippen molar-refractivity contribution in [1.29, 1.82) is 0 Å². The molecule has 2 atom stereocenters. The molecule has 0 spiro atoms. The number of hydrogen-bond donors (Lipinski definition) is 0. The van der Waals surface area contributed by atoms with Crippen LogP contribution in [-0.4, -0.2) is 24.1 Å². The molecule has 18 heavy (non-hydrogen) atoms. The van der Waals surface area contributed by atoms with Crippen molar-refractivity contribution in [1.82, 2.24) is 0 Å². The minimum atomic E-state index is -4.81. The third-order valence-electron chi connectivity index (χ3n) is 1.33. The fourth-order valence-electron chi connectivity index (χ4n) is 0.511. The van der Waals surface area contributed by atoms with Crippen LogP contribution < -0.4 is 0 Å². The van der Waals surface area contributed by atoms with Crippen LogP contribution >= 0.6 is 92.8 Å². The number of ether oxygens (including phenoxy) is 1.